The van der Waals surface area contributed by atoms with E-state index < -0.39 is 0 Å². The summed E-state index contributed by atoms with van der Waals surface area (Å²) in [5.41, 5.74) is 0.931. The Labute approximate surface area is 187 Å². The van der Waals surface area contributed by atoms with Gasteiger partial charge in [-0.2, -0.15) is 0 Å². The van der Waals surface area contributed by atoms with Crippen molar-refractivity contribution in [1.82, 2.24) is 20.1 Å². The monoisotopic (exact) mass is 434 g/mol. The number of aryl methyl sites for hydroxylation is 1. The molecule has 3 aromatic rings. The molecule has 1 aliphatic rings. The molecule has 4 rings (SSSR count). The van der Waals surface area contributed by atoms with E-state index in [1.54, 1.807) is 24.1 Å². The lowest BCUT2D eigenvalue weighted by Crippen LogP contribution is -2.50. The van der Waals surface area contributed by atoms with Crippen LogP contribution in [-0.2, 0) is 4.79 Å². The van der Waals surface area contributed by atoms with Crippen molar-refractivity contribution in [1.29, 1.82) is 0 Å². The van der Waals surface area contributed by atoms with Gasteiger partial charge in [-0.25, -0.2) is 4.98 Å². The van der Waals surface area contributed by atoms with Crippen molar-refractivity contribution in [2.24, 2.45) is 0 Å². The number of hydrogen-bond acceptors (Lipinski definition) is 8. The van der Waals surface area contributed by atoms with Crippen LogP contribution in [0.5, 0.6) is 11.5 Å². The zero-order valence-corrected chi connectivity index (χ0v) is 18.2. The number of ether oxygens (including phenoxy) is 2. The van der Waals surface area contributed by atoms with Gasteiger partial charge >= 0.3 is 0 Å². The van der Waals surface area contributed by atoms with Gasteiger partial charge in [0.25, 0.3) is 5.91 Å². The molecule has 1 saturated heterocycles. The minimum absolute atomic E-state index is 0.0203. The summed E-state index contributed by atoms with van der Waals surface area (Å²) in [4.78, 5) is 20.9. The van der Waals surface area contributed by atoms with Gasteiger partial charge in [-0.1, -0.05) is 18.2 Å². The molecular formula is C23H26N6O3. The lowest BCUT2D eigenvalue weighted by molar-refractivity contribution is -0.133. The zero-order valence-electron chi connectivity index (χ0n) is 18.2. The number of aromatic nitrogens is 3. The fourth-order valence-corrected chi connectivity index (χ4v) is 3.46. The molecule has 0 atom stereocenters. The first-order valence-corrected chi connectivity index (χ1v) is 10.5. The van der Waals surface area contributed by atoms with Gasteiger partial charge in [-0.3, -0.25) is 4.79 Å². The molecule has 0 spiro atoms. The van der Waals surface area contributed by atoms with E-state index in [1.165, 1.54) is 0 Å². The molecule has 2 aromatic heterocycles. The number of amides is 1. The summed E-state index contributed by atoms with van der Waals surface area (Å²) in [6.45, 7) is 4.48. The molecule has 166 valence electrons. The van der Waals surface area contributed by atoms with Gasteiger partial charge in [0.1, 0.15) is 5.82 Å². The Balaban J connectivity index is 1.27. The number of carbonyl (C=O) groups excluding carboxylic acids is 1. The summed E-state index contributed by atoms with van der Waals surface area (Å²) in [5.74, 6) is 3.27. The largest absolute Gasteiger partial charge is 0.493 e. The van der Waals surface area contributed by atoms with Gasteiger partial charge < -0.3 is 24.6 Å². The predicted molar refractivity (Wildman–Crippen MR) is 122 cm³/mol. The number of para-hydroxylation sites is 2. The average molecular weight is 435 g/mol. The summed E-state index contributed by atoms with van der Waals surface area (Å²) in [6.07, 6.45) is 0. The normalized spacial score (nSPS) is 13.6. The minimum Gasteiger partial charge on any atom is -0.493 e. The third kappa shape index (κ3) is 5.23. The third-order valence-corrected chi connectivity index (χ3v) is 5.17. The molecule has 3 heterocycles. The number of piperazine rings is 1. The molecule has 9 nitrogen and oxygen atoms in total. The van der Waals surface area contributed by atoms with Gasteiger partial charge in [-0.05, 0) is 43.3 Å². The highest BCUT2D eigenvalue weighted by atomic mass is 16.5. The molecule has 1 amide bonds. The Kier molecular flexibility index (Phi) is 6.64. The van der Waals surface area contributed by atoms with Crippen LogP contribution in [0, 0.1) is 6.92 Å². The van der Waals surface area contributed by atoms with Crippen LogP contribution in [0.4, 0.5) is 17.5 Å². The second-order valence-electron chi connectivity index (χ2n) is 7.37. The van der Waals surface area contributed by atoms with Crippen LogP contribution in [0.1, 0.15) is 5.69 Å². The quantitative estimate of drug-likeness (QED) is 0.607. The van der Waals surface area contributed by atoms with E-state index in [-0.39, 0.29) is 12.5 Å². The van der Waals surface area contributed by atoms with Crippen LogP contribution in [0.25, 0.3) is 0 Å². The molecule has 9 heteroatoms. The van der Waals surface area contributed by atoms with Crippen LogP contribution < -0.4 is 19.7 Å². The molecule has 0 saturated carbocycles. The standard InChI is InChI=1S/C23H26N6O3/c1-17-6-5-9-20(24-17)25-21-10-11-22(27-26-21)28-12-14-29(15-13-28)23(30)16-32-19-8-4-3-7-18(19)31-2/h3-11H,12-16H2,1-2H3,(H,24,25,26). The van der Waals surface area contributed by atoms with E-state index in [4.69, 9.17) is 9.47 Å². The number of methoxy groups -OCH3 is 1. The third-order valence-electron chi connectivity index (χ3n) is 5.17. The summed E-state index contributed by atoms with van der Waals surface area (Å²) >= 11 is 0. The van der Waals surface area contributed by atoms with Gasteiger partial charge in [0.15, 0.2) is 29.7 Å². The van der Waals surface area contributed by atoms with Crippen molar-refractivity contribution in [3.05, 3.63) is 60.3 Å². The Hall–Kier alpha value is -3.88. The second-order valence-corrected chi connectivity index (χ2v) is 7.37. The number of hydrogen-bond donors (Lipinski definition) is 1. The second kappa shape index (κ2) is 9.95. The van der Waals surface area contributed by atoms with E-state index in [9.17, 15) is 4.79 Å². The first-order chi connectivity index (χ1) is 15.6. The number of pyridine rings is 1. The first kappa shape index (κ1) is 21.4. The molecule has 1 fully saturated rings. The molecule has 1 aromatic carbocycles. The number of carbonyl (C=O) groups is 1. The smallest absolute Gasteiger partial charge is 0.260 e. The maximum atomic E-state index is 12.6. The van der Waals surface area contributed by atoms with E-state index in [2.05, 4.69) is 25.4 Å². The van der Waals surface area contributed by atoms with E-state index in [1.807, 2.05) is 49.4 Å². The number of rotatable bonds is 7. The van der Waals surface area contributed by atoms with Crippen molar-refractivity contribution < 1.29 is 14.3 Å². The fourth-order valence-electron chi connectivity index (χ4n) is 3.46. The Morgan fingerprint density at radius 1 is 0.938 bits per heavy atom. The molecule has 1 N–H and O–H groups in total. The highest BCUT2D eigenvalue weighted by molar-refractivity contribution is 5.78. The molecule has 0 radical (unpaired) electrons. The molecule has 0 unspecified atom stereocenters. The van der Waals surface area contributed by atoms with Gasteiger partial charge in [0.05, 0.1) is 7.11 Å². The molecule has 1 aliphatic heterocycles. The Morgan fingerprint density at radius 3 is 2.41 bits per heavy atom. The van der Waals surface area contributed by atoms with Crippen molar-refractivity contribution in [3.8, 4) is 11.5 Å². The minimum atomic E-state index is -0.0492. The van der Waals surface area contributed by atoms with E-state index in [0.717, 1.165) is 17.3 Å². The highest BCUT2D eigenvalue weighted by Crippen LogP contribution is 2.25. The summed E-state index contributed by atoms with van der Waals surface area (Å²) in [5, 5.41) is 11.7. The van der Waals surface area contributed by atoms with Gasteiger partial charge in [-0.15, -0.1) is 10.2 Å². The maximum absolute atomic E-state index is 12.6. The lowest BCUT2D eigenvalue weighted by atomic mass is 10.3. The van der Waals surface area contributed by atoms with Crippen molar-refractivity contribution in [2.45, 2.75) is 6.92 Å². The molecule has 0 aliphatic carbocycles. The summed E-state index contributed by atoms with van der Waals surface area (Å²) in [6, 6.07) is 16.9. The highest BCUT2D eigenvalue weighted by Gasteiger charge is 2.22. The van der Waals surface area contributed by atoms with Crippen LogP contribution in [0.3, 0.4) is 0 Å². The number of anilines is 3. The van der Waals surface area contributed by atoms with Gasteiger partial charge in [0.2, 0.25) is 0 Å². The SMILES string of the molecule is COc1ccccc1OCC(=O)N1CCN(c2ccc(Nc3cccc(C)n3)nn2)CC1. The molecular weight excluding hydrogens is 408 g/mol. The number of benzene rings is 1. The van der Waals surface area contributed by atoms with Crippen molar-refractivity contribution in [2.75, 3.05) is 50.1 Å². The van der Waals surface area contributed by atoms with Crippen molar-refractivity contribution in [3.63, 3.8) is 0 Å². The fraction of sp³-hybridized carbons (Fsp3) is 0.304. The predicted octanol–water partition coefficient (Wildman–Crippen LogP) is 2.66. The van der Waals surface area contributed by atoms with Gasteiger partial charge in [0, 0.05) is 31.9 Å². The molecule has 32 heavy (non-hydrogen) atoms. The zero-order chi connectivity index (χ0) is 22.3. The maximum Gasteiger partial charge on any atom is 0.260 e. The lowest BCUT2D eigenvalue weighted by Gasteiger charge is -2.35. The Morgan fingerprint density at radius 2 is 1.72 bits per heavy atom. The van der Waals surface area contributed by atoms with Crippen molar-refractivity contribution >= 4 is 23.4 Å². The average Bonchev–Trinajstić information content (AvgIpc) is 2.83. The number of nitrogens with one attached hydrogen (secondary N) is 1. The molecule has 0 bridgehead atoms. The van der Waals surface area contributed by atoms with Crippen LogP contribution in [-0.4, -0.2) is 65.9 Å². The topological polar surface area (TPSA) is 92.7 Å². The Bertz CT molecular complexity index is 1050. The van der Waals surface area contributed by atoms with E-state index in [0.29, 0.717) is 43.5 Å². The van der Waals surface area contributed by atoms with Crippen LogP contribution in [0.15, 0.2) is 54.6 Å². The first-order valence-electron chi connectivity index (χ1n) is 10.5. The van der Waals surface area contributed by atoms with Crippen LogP contribution >= 0.6 is 0 Å². The summed E-state index contributed by atoms with van der Waals surface area (Å²) in [7, 11) is 1.58. The van der Waals surface area contributed by atoms with Crippen LogP contribution in [0.2, 0.25) is 0 Å². The van der Waals surface area contributed by atoms with E-state index >= 15 is 0 Å². The number of nitrogens with zero attached hydrogens (tertiary/aromatic N) is 5. The summed E-state index contributed by atoms with van der Waals surface area (Å²) < 4.78 is 10.9.